The lowest BCUT2D eigenvalue weighted by Gasteiger charge is -2.17. The first-order valence-electron chi connectivity index (χ1n) is 5.66. The number of hydrogen-bond acceptors (Lipinski definition) is 5. The first kappa shape index (κ1) is 14.5. The molecule has 0 aliphatic carbocycles. The molecule has 0 aliphatic rings. The molecule has 0 saturated carbocycles. The summed E-state index contributed by atoms with van der Waals surface area (Å²) >= 11 is 5.65. The molecule has 0 aliphatic heterocycles. The van der Waals surface area contributed by atoms with Crippen LogP contribution in [0.15, 0.2) is 41.7 Å². The quantitative estimate of drug-likeness (QED) is 0.874. The van der Waals surface area contributed by atoms with Gasteiger partial charge in [-0.15, -0.1) is 0 Å². The second-order valence-electron chi connectivity index (χ2n) is 4.21. The molecule has 106 valence electrons. The van der Waals surface area contributed by atoms with Gasteiger partial charge in [-0.05, 0) is 18.2 Å². The first-order valence-corrected chi connectivity index (χ1v) is 7.52. The van der Waals surface area contributed by atoms with Crippen molar-refractivity contribution in [1.82, 2.24) is 9.97 Å². The third-order valence-electron chi connectivity index (χ3n) is 2.53. The average Bonchev–Trinajstić information content (AvgIpc) is 2.39. The molecular weight excluding hydrogens is 300 g/mol. The van der Waals surface area contributed by atoms with E-state index in [4.69, 9.17) is 11.6 Å². The second kappa shape index (κ2) is 5.64. The topological polar surface area (TPSA) is 75.2 Å². The molecule has 2 rings (SSSR count). The minimum Gasteiger partial charge on any atom is -0.376 e. The van der Waals surface area contributed by atoms with Gasteiger partial charge in [-0.3, -0.25) is 9.71 Å². The summed E-state index contributed by atoms with van der Waals surface area (Å²) in [4.78, 5) is 9.52. The number of rotatable bonds is 4. The van der Waals surface area contributed by atoms with Crippen LogP contribution < -0.4 is 9.62 Å². The number of pyridine rings is 2. The molecule has 20 heavy (non-hydrogen) atoms. The Bertz CT molecular complexity index is 702. The molecule has 0 atom stereocenters. The van der Waals surface area contributed by atoms with E-state index in [1.165, 1.54) is 24.5 Å². The summed E-state index contributed by atoms with van der Waals surface area (Å²) in [6, 6.07) is 4.54. The number of sulfonamides is 1. The Morgan fingerprint density at radius 3 is 2.55 bits per heavy atom. The average molecular weight is 313 g/mol. The number of aromatic nitrogens is 2. The zero-order chi connectivity index (χ0) is 14.8. The molecule has 2 aromatic rings. The summed E-state index contributed by atoms with van der Waals surface area (Å²) in [7, 11) is -0.0910. The zero-order valence-electron chi connectivity index (χ0n) is 10.9. The molecule has 0 amide bonds. The summed E-state index contributed by atoms with van der Waals surface area (Å²) in [6.45, 7) is 0. The predicted molar refractivity (Wildman–Crippen MR) is 78.6 cm³/mol. The lowest BCUT2D eigenvalue weighted by atomic mass is 10.3. The van der Waals surface area contributed by atoms with E-state index in [-0.39, 0.29) is 10.0 Å². The highest BCUT2D eigenvalue weighted by molar-refractivity contribution is 7.92. The van der Waals surface area contributed by atoms with Crippen molar-refractivity contribution >= 4 is 33.0 Å². The van der Waals surface area contributed by atoms with Gasteiger partial charge in [0.05, 0.1) is 17.6 Å². The van der Waals surface area contributed by atoms with Crippen LogP contribution in [0.1, 0.15) is 0 Å². The standard InChI is InChI=1S/C12H13ClN4O2S/c1-17(2)11-5-6-14-8-10(11)16-20(18,19)9-3-4-12(13)15-7-9/h3-8,16H,1-2H3. The number of hydrogen-bond donors (Lipinski definition) is 1. The van der Waals surface area contributed by atoms with Gasteiger partial charge >= 0.3 is 0 Å². The van der Waals surface area contributed by atoms with Crippen molar-refractivity contribution in [2.45, 2.75) is 4.90 Å². The Kier molecular flexibility index (Phi) is 4.10. The van der Waals surface area contributed by atoms with Gasteiger partial charge in [-0.1, -0.05) is 11.6 Å². The SMILES string of the molecule is CN(C)c1ccncc1NS(=O)(=O)c1ccc(Cl)nc1. The van der Waals surface area contributed by atoms with Crippen LogP contribution in [0.2, 0.25) is 5.15 Å². The van der Waals surface area contributed by atoms with E-state index in [9.17, 15) is 8.42 Å². The van der Waals surface area contributed by atoms with Gasteiger partial charge in [-0.2, -0.15) is 0 Å². The molecule has 0 radical (unpaired) electrons. The summed E-state index contributed by atoms with van der Waals surface area (Å²) in [6.07, 6.45) is 4.25. The highest BCUT2D eigenvalue weighted by atomic mass is 35.5. The Morgan fingerprint density at radius 2 is 1.95 bits per heavy atom. The lowest BCUT2D eigenvalue weighted by molar-refractivity contribution is 0.601. The van der Waals surface area contributed by atoms with E-state index in [1.807, 2.05) is 14.1 Å². The van der Waals surface area contributed by atoms with Crippen LogP contribution in [0, 0.1) is 0 Å². The number of nitrogens with zero attached hydrogens (tertiary/aromatic N) is 3. The Labute approximate surface area is 122 Å². The molecule has 1 N–H and O–H groups in total. The van der Waals surface area contributed by atoms with Crippen molar-refractivity contribution in [1.29, 1.82) is 0 Å². The highest BCUT2D eigenvalue weighted by Crippen LogP contribution is 2.25. The van der Waals surface area contributed by atoms with Crippen molar-refractivity contribution in [2.75, 3.05) is 23.7 Å². The van der Waals surface area contributed by atoms with Crippen molar-refractivity contribution in [3.05, 3.63) is 41.9 Å². The molecule has 0 aromatic carbocycles. The van der Waals surface area contributed by atoms with Gasteiger partial charge in [0.15, 0.2) is 0 Å². The number of nitrogens with one attached hydrogen (secondary N) is 1. The van der Waals surface area contributed by atoms with Gasteiger partial charge in [0.1, 0.15) is 10.0 Å². The van der Waals surface area contributed by atoms with E-state index in [1.54, 1.807) is 17.2 Å². The van der Waals surface area contributed by atoms with Gasteiger partial charge in [0.25, 0.3) is 10.0 Å². The van der Waals surface area contributed by atoms with E-state index in [0.717, 1.165) is 0 Å². The summed E-state index contributed by atoms with van der Waals surface area (Å²) < 4.78 is 27.0. The van der Waals surface area contributed by atoms with E-state index < -0.39 is 10.0 Å². The maximum absolute atomic E-state index is 12.2. The van der Waals surface area contributed by atoms with Crippen molar-refractivity contribution in [2.24, 2.45) is 0 Å². The molecule has 0 bridgehead atoms. The van der Waals surface area contributed by atoms with E-state index in [2.05, 4.69) is 14.7 Å². The van der Waals surface area contributed by atoms with Gasteiger partial charge in [-0.25, -0.2) is 13.4 Å². The maximum Gasteiger partial charge on any atom is 0.263 e. The first-order chi connectivity index (χ1) is 9.40. The maximum atomic E-state index is 12.2. The third-order valence-corrected chi connectivity index (χ3v) is 4.11. The van der Waals surface area contributed by atoms with Crippen LogP contribution in [0.5, 0.6) is 0 Å². The molecule has 0 spiro atoms. The normalized spacial score (nSPS) is 11.2. The molecule has 0 saturated heterocycles. The molecule has 8 heteroatoms. The summed E-state index contributed by atoms with van der Waals surface area (Å²) in [5, 5.41) is 0.235. The molecule has 2 heterocycles. The summed E-state index contributed by atoms with van der Waals surface area (Å²) in [5.74, 6) is 0. The zero-order valence-corrected chi connectivity index (χ0v) is 12.5. The van der Waals surface area contributed by atoms with E-state index in [0.29, 0.717) is 11.4 Å². The van der Waals surface area contributed by atoms with Crippen molar-refractivity contribution < 1.29 is 8.42 Å². The predicted octanol–water partition coefficient (Wildman–Crippen LogP) is 2.00. The van der Waals surface area contributed by atoms with Crippen LogP contribution in [0.25, 0.3) is 0 Å². The molecule has 6 nitrogen and oxygen atoms in total. The molecule has 2 aromatic heterocycles. The second-order valence-corrected chi connectivity index (χ2v) is 6.28. The van der Waals surface area contributed by atoms with Crippen LogP contribution in [-0.4, -0.2) is 32.5 Å². The van der Waals surface area contributed by atoms with Crippen LogP contribution in [-0.2, 0) is 10.0 Å². The van der Waals surface area contributed by atoms with Crippen LogP contribution in [0.3, 0.4) is 0 Å². The number of halogens is 1. The molecular formula is C12H13ClN4O2S. The lowest BCUT2D eigenvalue weighted by Crippen LogP contribution is -2.17. The Balaban J connectivity index is 2.36. The Hall–Kier alpha value is -1.86. The number of anilines is 2. The van der Waals surface area contributed by atoms with Crippen LogP contribution >= 0.6 is 11.6 Å². The highest BCUT2D eigenvalue weighted by Gasteiger charge is 2.17. The third kappa shape index (κ3) is 3.17. The van der Waals surface area contributed by atoms with Crippen molar-refractivity contribution in [3.63, 3.8) is 0 Å². The Morgan fingerprint density at radius 1 is 1.20 bits per heavy atom. The van der Waals surface area contributed by atoms with Gasteiger partial charge in [0.2, 0.25) is 0 Å². The fraction of sp³-hybridized carbons (Fsp3) is 0.167. The fourth-order valence-electron chi connectivity index (χ4n) is 1.58. The van der Waals surface area contributed by atoms with Gasteiger partial charge in [0, 0.05) is 26.5 Å². The summed E-state index contributed by atoms with van der Waals surface area (Å²) in [5.41, 5.74) is 1.11. The minimum atomic E-state index is -3.72. The minimum absolute atomic E-state index is 0.0375. The van der Waals surface area contributed by atoms with Gasteiger partial charge < -0.3 is 4.90 Å². The smallest absolute Gasteiger partial charge is 0.263 e. The van der Waals surface area contributed by atoms with E-state index >= 15 is 0 Å². The van der Waals surface area contributed by atoms with Crippen LogP contribution in [0.4, 0.5) is 11.4 Å². The molecule has 0 unspecified atom stereocenters. The fourth-order valence-corrected chi connectivity index (χ4v) is 2.70. The molecule has 0 fully saturated rings. The largest absolute Gasteiger partial charge is 0.376 e. The van der Waals surface area contributed by atoms with Crippen molar-refractivity contribution in [3.8, 4) is 0 Å². The monoisotopic (exact) mass is 312 g/mol.